The predicted octanol–water partition coefficient (Wildman–Crippen LogP) is 2.40. The summed E-state index contributed by atoms with van der Waals surface area (Å²) in [5.41, 5.74) is 0.530. The van der Waals surface area contributed by atoms with Gasteiger partial charge in [-0.1, -0.05) is 13.8 Å². The van der Waals surface area contributed by atoms with Crippen molar-refractivity contribution in [3.05, 3.63) is 0 Å². The van der Waals surface area contributed by atoms with Crippen molar-refractivity contribution in [1.82, 2.24) is 10.6 Å². The summed E-state index contributed by atoms with van der Waals surface area (Å²) in [6.45, 7) is 8.49. The molecule has 0 aromatic rings. The summed E-state index contributed by atoms with van der Waals surface area (Å²) < 4.78 is 0. The van der Waals surface area contributed by atoms with E-state index in [0.29, 0.717) is 5.41 Å². The van der Waals surface area contributed by atoms with Crippen LogP contribution in [0.15, 0.2) is 0 Å². The van der Waals surface area contributed by atoms with E-state index in [9.17, 15) is 0 Å². The highest BCUT2D eigenvalue weighted by atomic mass is 15.0. The summed E-state index contributed by atoms with van der Waals surface area (Å²) in [5, 5.41) is 7.54. The van der Waals surface area contributed by atoms with E-state index in [-0.39, 0.29) is 0 Å². The first-order valence-corrected chi connectivity index (χ1v) is 7.65. The van der Waals surface area contributed by atoms with E-state index >= 15 is 0 Å². The molecule has 2 heteroatoms. The van der Waals surface area contributed by atoms with E-state index in [1.54, 1.807) is 0 Å². The lowest BCUT2D eigenvalue weighted by Crippen LogP contribution is -2.45. The minimum absolute atomic E-state index is 0.530. The highest BCUT2D eigenvalue weighted by Crippen LogP contribution is 2.45. The standard InChI is InChI=1S/C15H28N2/c1-11(2)15(7-8-16-9-15)10-17-14(12-3-4-12)13-5-6-13/h11-14,16-17H,3-10H2,1-2H3. The Labute approximate surface area is 106 Å². The van der Waals surface area contributed by atoms with Crippen molar-refractivity contribution in [3.63, 3.8) is 0 Å². The van der Waals surface area contributed by atoms with Crippen LogP contribution in [0, 0.1) is 23.2 Å². The summed E-state index contributed by atoms with van der Waals surface area (Å²) in [4.78, 5) is 0. The van der Waals surface area contributed by atoms with Crippen molar-refractivity contribution in [2.45, 2.75) is 52.0 Å². The highest BCUT2D eigenvalue weighted by Gasteiger charge is 2.43. The third-order valence-corrected chi connectivity index (χ3v) is 5.45. The summed E-state index contributed by atoms with van der Waals surface area (Å²) in [6, 6.07) is 0.867. The van der Waals surface area contributed by atoms with Crippen LogP contribution < -0.4 is 10.6 Å². The lowest BCUT2D eigenvalue weighted by atomic mass is 9.76. The minimum atomic E-state index is 0.530. The number of rotatable bonds is 6. The van der Waals surface area contributed by atoms with E-state index in [0.717, 1.165) is 23.8 Å². The molecule has 3 aliphatic rings. The van der Waals surface area contributed by atoms with Gasteiger partial charge in [0.2, 0.25) is 0 Å². The number of nitrogens with one attached hydrogen (secondary N) is 2. The average Bonchev–Trinajstić information content (AvgIpc) is 3.21. The van der Waals surface area contributed by atoms with Gasteiger partial charge in [0.1, 0.15) is 0 Å². The smallest absolute Gasteiger partial charge is 0.0124 e. The molecule has 0 radical (unpaired) electrons. The Morgan fingerprint density at radius 2 is 1.82 bits per heavy atom. The molecule has 2 saturated carbocycles. The molecular weight excluding hydrogens is 208 g/mol. The van der Waals surface area contributed by atoms with Crippen LogP contribution in [0.3, 0.4) is 0 Å². The molecule has 3 fully saturated rings. The molecule has 2 nitrogen and oxygen atoms in total. The first-order chi connectivity index (χ1) is 8.21. The maximum absolute atomic E-state index is 3.97. The van der Waals surface area contributed by atoms with Crippen molar-refractivity contribution in [2.24, 2.45) is 23.2 Å². The molecule has 1 aliphatic heterocycles. The maximum Gasteiger partial charge on any atom is 0.0124 e. The molecule has 0 amide bonds. The fourth-order valence-electron chi connectivity index (χ4n) is 3.56. The zero-order chi connectivity index (χ0) is 11.9. The summed E-state index contributed by atoms with van der Waals surface area (Å²) >= 11 is 0. The Balaban J connectivity index is 1.57. The molecule has 0 bridgehead atoms. The van der Waals surface area contributed by atoms with Crippen LogP contribution in [0.2, 0.25) is 0 Å². The first-order valence-electron chi connectivity index (χ1n) is 7.65. The largest absolute Gasteiger partial charge is 0.316 e. The average molecular weight is 236 g/mol. The van der Waals surface area contributed by atoms with Crippen LogP contribution in [-0.2, 0) is 0 Å². The lowest BCUT2D eigenvalue weighted by Gasteiger charge is -2.35. The molecular formula is C15H28N2. The second-order valence-electron chi connectivity index (χ2n) is 7.03. The molecule has 1 heterocycles. The SMILES string of the molecule is CC(C)C1(CNC(C2CC2)C2CC2)CCNC1. The first kappa shape index (κ1) is 12.0. The molecule has 17 heavy (non-hydrogen) atoms. The van der Waals surface area contributed by atoms with Gasteiger partial charge in [-0.25, -0.2) is 0 Å². The molecule has 1 atom stereocenters. The Hall–Kier alpha value is -0.0800. The van der Waals surface area contributed by atoms with Crippen LogP contribution in [0.5, 0.6) is 0 Å². The Bertz CT molecular complexity index is 248. The van der Waals surface area contributed by atoms with Gasteiger partial charge in [-0.15, -0.1) is 0 Å². The molecule has 2 N–H and O–H groups in total. The molecule has 2 aliphatic carbocycles. The van der Waals surface area contributed by atoms with Gasteiger partial charge >= 0.3 is 0 Å². The molecule has 0 aromatic heterocycles. The second-order valence-corrected chi connectivity index (χ2v) is 7.03. The van der Waals surface area contributed by atoms with Gasteiger partial charge in [0, 0.05) is 19.1 Å². The lowest BCUT2D eigenvalue weighted by molar-refractivity contribution is 0.193. The molecule has 1 unspecified atom stereocenters. The monoisotopic (exact) mass is 236 g/mol. The molecule has 0 spiro atoms. The van der Waals surface area contributed by atoms with Gasteiger partial charge in [0.05, 0.1) is 0 Å². The van der Waals surface area contributed by atoms with Crippen molar-refractivity contribution >= 4 is 0 Å². The van der Waals surface area contributed by atoms with Gasteiger partial charge in [-0.3, -0.25) is 0 Å². The summed E-state index contributed by atoms with van der Waals surface area (Å²) in [5.74, 6) is 2.85. The second kappa shape index (κ2) is 4.55. The fraction of sp³-hybridized carbons (Fsp3) is 1.00. The highest BCUT2D eigenvalue weighted by molar-refractivity contribution is 4.99. The quantitative estimate of drug-likeness (QED) is 0.740. The Morgan fingerprint density at radius 1 is 1.18 bits per heavy atom. The maximum atomic E-state index is 3.97. The third-order valence-electron chi connectivity index (χ3n) is 5.45. The topological polar surface area (TPSA) is 24.1 Å². The summed E-state index contributed by atoms with van der Waals surface area (Å²) in [6.07, 6.45) is 7.31. The van der Waals surface area contributed by atoms with Crippen molar-refractivity contribution in [1.29, 1.82) is 0 Å². The zero-order valence-electron chi connectivity index (χ0n) is 11.5. The van der Waals surface area contributed by atoms with Gasteiger partial charge in [-0.05, 0) is 61.8 Å². The predicted molar refractivity (Wildman–Crippen MR) is 72.0 cm³/mol. The van der Waals surface area contributed by atoms with Crippen LogP contribution in [0.4, 0.5) is 0 Å². The van der Waals surface area contributed by atoms with Gasteiger partial charge < -0.3 is 10.6 Å². The molecule has 0 aromatic carbocycles. The zero-order valence-corrected chi connectivity index (χ0v) is 11.5. The molecule has 1 saturated heterocycles. The Morgan fingerprint density at radius 3 is 2.24 bits per heavy atom. The van der Waals surface area contributed by atoms with E-state index in [2.05, 4.69) is 24.5 Å². The van der Waals surface area contributed by atoms with Crippen molar-refractivity contribution < 1.29 is 0 Å². The van der Waals surface area contributed by atoms with Gasteiger partial charge in [0.15, 0.2) is 0 Å². The fourth-order valence-corrected chi connectivity index (χ4v) is 3.56. The molecule has 98 valence electrons. The van der Waals surface area contributed by atoms with Crippen molar-refractivity contribution in [3.8, 4) is 0 Å². The molecule has 3 rings (SSSR count). The van der Waals surface area contributed by atoms with E-state index in [1.807, 2.05) is 0 Å². The van der Waals surface area contributed by atoms with Crippen LogP contribution in [-0.4, -0.2) is 25.7 Å². The number of hydrogen-bond donors (Lipinski definition) is 2. The normalized spacial score (nSPS) is 33.9. The van der Waals surface area contributed by atoms with Gasteiger partial charge in [-0.2, -0.15) is 0 Å². The van der Waals surface area contributed by atoms with E-state index in [1.165, 1.54) is 51.7 Å². The van der Waals surface area contributed by atoms with E-state index in [4.69, 9.17) is 0 Å². The van der Waals surface area contributed by atoms with Crippen LogP contribution in [0.1, 0.15) is 46.0 Å². The van der Waals surface area contributed by atoms with E-state index < -0.39 is 0 Å². The Kier molecular flexibility index (Phi) is 3.20. The number of hydrogen-bond acceptors (Lipinski definition) is 2. The van der Waals surface area contributed by atoms with Crippen LogP contribution in [0.25, 0.3) is 0 Å². The van der Waals surface area contributed by atoms with Crippen molar-refractivity contribution in [2.75, 3.05) is 19.6 Å². The summed E-state index contributed by atoms with van der Waals surface area (Å²) in [7, 11) is 0. The minimum Gasteiger partial charge on any atom is -0.316 e. The van der Waals surface area contributed by atoms with Gasteiger partial charge in [0.25, 0.3) is 0 Å². The third kappa shape index (κ3) is 2.53. The van der Waals surface area contributed by atoms with Crippen LogP contribution >= 0.6 is 0 Å².